The van der Waals surface area contributed by atoms with E-state index < -0.39 is 5.54 Å². The van der Waals surface area contributed by atoms with Crippen LogP contribution in [0.5, 0.6) is 5.75 Å². The van der Waals surface area contributed by atoms with Gasteiger partial charge in [0.25, 0.3) is 0 Å². The number of methoxy groups -OCH3 is 1. The van der Waals surface area contributed by atoms with Gasteiger partial charge in [0.05, 0.1) is 12.8 Å². The van der Waals surface area contributed by atoms with Crippen LogP contribution < -0.4 is 15.0 Å². The number of ether oxygens (including phenoxy) is 2. The highest BCUT2D eigenvalue weighted by Crippen LogP contribution is 2.39. The van der Waals surface area contributed by atoms with Crippen molar-refractivity contribution in [3.63, 3.8) is 0 Å². The van der Waals surface area contributed by atoms with Gasteiger partial charge >= 0.3 is 0 Å². The predicted octanol–water partition coefficient (Wildman–Crippen LogP) is 2.12. The fourth-order valence-corrected chi connectivity index (χ4v) is 2.99. The van der Waals surface area contributed by atoms with E-state index in [2.05, 4.69) is 5.32 Å². The van der Waals surface area contributed by atoms with Gasteiger partial charge < -0.3 is 14.8 Å². The molecular formula is C18H26N2O4. The molecule has 1 aromatic rings. The van der Waals surface area contributed by atoms with Crippen molar-refractivity contribution in [1.82, 2.24) is 5.32 Å². The van der Waals surface area contributed by atoms with Gasteiger partial charge in [-0.05, 0) is 38.8 Å². The number of amides is 2. The Kier molecular flexibility index (Phi) is 6.20. The molecule has 2 rings (SSSR count). The molecule has 1 atom stereocenters. The van der Waals surface area contributed by atoms with Gasteiger partial charge in [-0.3, -0.25) is 14.5 Å². The van der Waals surface area contributed by atoms with Crippen LogP contribution in [-0.4, -0.2) is 44.2 Å². The average molecular weight is 334 g/mol. The largest absolute Gasteiger partial charge is 0.495 e. The van der Waals surface area contributed by atoms with Crippen LogP contribution in [0.1, 0.15) is 33.1 Å². The first-order chi connectivity index (χ1) is 11.5. The Morgan fingerprint density at radius 3 is 2.83 bits per heavy atom. The second kappa shape index (κ2) is 8.15. The van der Waals surface area contributed by atoms with E-state index >= 15 is 0 Å². The number of carbonyl (C=O) groups is 2. The quantitative estimate of drug-likeness (QED) is 0.740. The SMILES string of the molecule is CCOCCCNC(=O)[C@]1(C)CCC(=O)N1c1ccccc1OC. The van der Waals surface area contributed by atoms with E-state index in [1.165, 1.54) is 0 Å². The first-order valence-electron chi connectivity index (χ1n) is 8.36. The zero-order valence-corrected chi connectivity index (χ0v) is 14.6. The van der Waals surface area contributed by atoms with E-state index in [0.29, 0.717) is 44.0 Å². The summed E-state index contributed by atoms with van der Waals surface area (Å²) in [5.41, 5.74) is -0.272. The third-order valence-corrected chi connectivity index (χ3v) is 4.34. The number of hydrogen-bond donors (Lipinski definition) is 1. The predicted molar refractivity (Wildman–Crippen MR) is 92.2 cm³/mol. The first kappa shape index (κ1) is 18.3. The molecule has 0 saturated carbocycles. The van der Waals surface area contributed by atoms with Crippen LogP contribution in [0.4, 0.5) is 5.69 Å². The van der Waals surface area contributed by atoms with Gasteiger partial charge in [-0.1, -0.05) is 12.1 Å². The summed E-state index contributed by atoms with van der Waals surface area (Å²) in [7, 11) is 1.56. The number of benzene rings is 1. The van der Waals surface area contributed by atoms with Crippen molar-refractivity contribution >= 4 is 17.5 Å². The smallest absolute Gasteiger partial charge is 0.246 e. The Morgan fingerprint density at radius 2 is 2.12 bits per heavy atom. The molecule has 1 aromatic carbocycles. The lowest BCUT2D eigenvalue weighted by Gasteiger charge is -2.34. The fourth-order valence-electron chi connectivity index (χ4n) is 2.99. The minimum atomic E-state index is -0.905. The van der Waals surface area contributed by atoms with E-state index in [4.69, 9.17) is 9.47 Å². The third kappa shape index (κ3) is 3.70. The Labute approximate surface area is 143 Å². The van der Waals surface area contributed by atoms with Crippen molar-refractivity contribution in [3.05, 3.63) is 24.3 Å². The molecule has 6 heteroatoms. The number of hydrogen-bond acceptors (Lipinski definition) is 4. The zero-order chi connectivity index (χ0) is 17.6. The van der Waals surface area contributed by atoms with E-state index in [-0.39, 0.29) is 11.8 Å². The third-order valence-electron chi connectivity index (χ3n) is 4.34. The van der Waals surface area contributed by atoms with Crippen LogP contribution in [0.2, 0.25) is 0 Å². The maximum absolute atomic E-state index is 12.7. The molecule has 0 aliphatic carbocycles. The summed E-state index contributed by atoms with van der Waals surface area (Å²) in [4.78, 5) is 26.8. The lowest BCUT2D eigenvalue weighted by molar-refractivity contribution is -0.127. The van der Waals surface area contributed by atoms with Crippen molar-refractivity contribution in [2.24, 2.45) is 0 Å². The van der Waals surface area contributed by atoms with Crippen LogP contribution in [0.3, 0.4) is 0 Å². The van der Waals surface area contributed by atoms with Crippen molar-refractivity contribution in [1.29, 1.82) is 0 Å². The number of anilines is 1. The minimum absolute atomic E-state index is 0.0635. The molecule has 1 aliphatic heterocycles. The molecule has 1 heterocycles. The molecule has 6 nitrogen and oxygen atoms in total. The molecule has 0 unspecified atom stereocenters. The average Bonchev–Trinajstić information content (AvgIpc) is 2.90. The highest BCUT2D eigenvalue weighted by atomic mass is 16.5. The van der Waals surface area contributed by atoms with Crippen LogP contribution >= 0.6 is 0 Å². The molecule has 1 fully saturated rings. The molecular weight excluding hydrogens is 308 g/mol. The second-order valence-electron chi connectivity index (χ2n) is 5.98. The van der Waals surface area contributed by atoms with Gasteiger partial charge in [0, 0.05) is 26.2 Å². The molecule has 2 amide bonds. The van der Waals surface area contributed by atoms with Gasteiger partial charge in [-0.25, -0.2) is 0 Å². The van der Waals surface area contributed by atoms with Gasteiger partial charge in [-0.2, -0.15) is 0 Å². The highest BCUT2D eigenvalue weighted by molar-refractivity contribution is 6.07. The Balaban J connectivity index is 2.14. The Morgan fingerprint density at radius 1 is 1.38 bits per heavy atom. The number of nitrogens with zero attached hydrogens (tertiary/aromatic N) is 1. The number of carbonyl (C=O) groups excluding carboxylic acids is 2. The zero-order valence-electron chi connectivity index (χ0n) is 14.6. The molecule has 0 aromatic heterocycles. The lowest BCUT2D eigenvalue weighted by atomic mass is 9.97. The van der Waals surface area contributed by atoms with Crippen molar-refractivity contribution in [2.45, 2.75) is 38.6 Å². The van der Waals surface area contributed by atoms with E-state index in [0.717, 1.165) is 6.42 Å². The van der Waals surface area contributed by atoms with Crippen molar-refractivity contribution in [3.8, 4) is 5.75 Å². The normalized spacial score (nSPS) is 20.3. The summed E-state index contributed by atoms with van der Waals surface area (Å²) < 4.78 is 10.6. The van der Waals surface area contributed by atoms with Gasteiger partial charge in [-0.15, -0.1) is 0 Å². The molecule has 24 heavy (non-hydrogen) atoms. The summed E-state index contributed by atoms with van der Waals surface area (Å²) in [5.74, 6) is 0.380. The van der Waals surface area contributed by atoms with E-state index in [9.17, 15) is 9.59 Å². The summed E-state index contributed by atoms with van der Waals surface area (Å²) in [6.07, 6.45) is 1.58. The van der Waals surface area contributed by atoms with Crippen LogP contribution in [-0.2, 0) is 14.3 Å². The highest BCUT2D eigenvalue weighted by Gasteiger charge is 2.48. The monoisotopic (exact) mass is 334 g/mol. The molecule has 1 saturated heterocycles. The Bertz CT molecular complexity index is 590. The maximum atomic E-state index is 12.7. The molecule has 132 valence electrons. The van der Waals surface area contributed by atoms with Crippen molar-refractivity contribution < 1.29 is 19.1 Å². The van der Waals surface area contributed by atoms with Gasteiger partial charge in [0.2, 0.25) is 11.8 Å². The Hall–Kier alpha value is -2.08. The molecule has 1 N–H and O–H groups in total. The van der Waals surface area contributed by atoms with Gasteiger partial charge in [0.15, 0.2) is 0 Å². The van der Waals surface area contributed by atoms with Gasteiger partial charge in [0.1, 0.15) is 11.3 Å². The van der Waals surface area contributed by atoms with Crippen LogP contribution in [0, 0.1) is 0 Å². The molecule has 0 bridgehead atoms. The summed E-state index contributed by atoms with van der Waals surface area (Å²) in [6, 6.07) is 7.28. The van der Waals surface area contributed by atoms with E-state index in [1.807, 2.05) is 32.0 Å². The summed E-state index contributed by atoms with van der Waals surface area (Å²) in [5, 5.41) is 2.93. The molecule has 1 aliphatic rings. The standard InChI is InChI=1S/C18H26N2O4/c1-4-24-13-7-12-19-17(22)18(2)11-10-16(21)20(18)14-8-5-6-9-15(14)23-3/h5-6,8-9H,4,7,10-13H2,1-3H3,(H,19,22)/t18-/m0/s1. The fraction of sp³-hybridized carbons (Fsp3) is 0.556. The maximum Gasteiger partial charge on any atom is 0.246 e. The minimum Gasteiger partial charge on any atom is -0.495 e. The first-order valence-corrected chi connectivity index (χ1v) is 8.36. The lowest BCUT2D eigenvalue weighted by Crippen LogP contribution is -2.55. The summed E-state index contributed by atoms with van der Waals surface area (Å²) >= 11 is 0. The number of nitrogens with one attached hydrogen (secondary N) is 1. The summed E-state index contributed by atoms with van der Waals surface area (Å²) in [6.45, 7) is 5.56. The van der Waals surface area contributed by atoms with Crippen LogP contribution in [0.25, 0.3) is 0 Å². The van der Waals surface area contributed by atoms with Crippen molar-refractivity contribution in [2.75, 3.05) is 31.8 Å². The second-order valence-corrected chi connectivity index (χ2v) is 5.98. The molecule has 0 spiro atoms. The number of para-hydroxylation sites is 2. The topological polar surface area (TPSA) is 67.9 Å². The van der Waals surface area contributed by atoms with E-state index in [1.54, 1.807) is 18.1 Å². The molecule has 0 radical (unpaired) electrons. The number of rotatable bonds is 8. The van der Waals surface area contributed by atoms with Crippen LogP contribution in [0.15, 0.2) is 24.3 Å².